The molecule has 1 aromatic rings. The summed E-state index contributed by atoms with van der Waals surface area (Å²) in [6.07, 6.45) is 2.07. The molecule has 0 bridgehead atoms. The number of nitrogens with one attached hydrogen (secondary N) is 1. The van der Waals surface area contributed by atoms with Crippen LogP contribution < -0.4 is 5.32 Å². The minimum Gasteiger partial charge on any atom is -0.355 e. The first-order valence-corrected chi connectivity index (χ1v) is 10.8. The van der Waals surface area contributed by atoms with E-state index in [2.05, 4.69) is 5.32 Å². The molecule has 1 fully saturated rings. The molecule has 1 heterocycles. The Kier molecular flexibility index (Phi) is 6.44. The zero-order valence-electron chi connectivity index (χ0n) is 15.7. The maximum Gasteiger partial charge on any atom is 0.237 e. The Morgan fingerprint density at radius 2 is 1.88 bits per heavy atom. The van der Waals surface area contributed by atoms with E-state index in [-0.39, 0.29) is 29.4 Å². The number of hydrogen-bond acceptors (Lipinski definition) is 4. The predicted octanol–water partition coefficient (Wildman–Crippen LogP) is 1.41. The minimum absolute atomic E-state index is 0.0238. The van der Waals surface area contributed by atoms with Crippen LogP contribution in [-0.4, -0.2) is 56.3 Å². The summed E-state index contributed by atoms with van der Waals surface area (Å²) < 4.78 is 23.3. The van der Waals surface area contributed by atoms with Crippen LogP contribution in [-0.2, 0) is 25.8 Å². The van der Waals surface area contributed by atoms with Crippen molar-refractivity contribution in [2.75, 3.05) is 25.1 Å². The van der Waals surface area contributed by atoms with E-state index in [0.29, 0.717) is 13.0 Å². The Bertz CT molecular complexity index is 744. The molecule has 0 aromatic heterocycles. The molecule has 1 atom stereocenters. The number of benzene rings is 1. The molecule has 0 radical (unpaired) electrons. The fraction of sp³-hybridized carbons (Fsp3) is 0.579. The number of carbonyl (C=O) groups is 2. The molecular weight excluding hydrogens is 352 g/mol. The van der Waals surface area contributed by atoms with E-state index in [9.17, 15) is 18.0 Å². The van der Waals surface area contributed by atoms with E-state index in [1.165, 1.54) is 10.5 Å². The van der Waals surface area contributed by atoms with Crippen molar-refractivity contribution in [3.63, 3.8) is 0 Å². The molecule has 26 heavy (non-hydrogen) atoms. The monoisotopic (exact) mass is 380 g/mol. The average Bonchev–Trinajstić information content (AvgIpc) is 2.98. The van der Waals surface area contributed by atoms with Gasteiger partial charge in [-0.1, -0.05) is 30.3 Å². The summed E-state index contributed by atoms with van der Waals surface area (Å²) in [6, 6.07) is 9.66. The first-order chi connectivity index (χ1) is 12.1. The van der Waals surface area contributed by atoms with E-state index in [4.69, 9.17) is 0 Å². The highest BCUT2D eigenvalue weighted by Gasteiger charge is 2.42. The van der Waals surface area contributed by atoms with Gasteiger partial charge in [0.05, 0.1) is 11.5 Å². The minimum atomic E-state index is -3.08. The molecule has 0 spiro atoms. The molecule has 7 heteroatoms. The van der Waals surface area contributed by atoms with Gasteiger partial charge < -0.3 is 10.2 Å². The third-order valence-electron chi connectivity index (χ3n) is 4.95. The standard InChI is InChI=1S/C19H28N2O4S/c1-19(2,18(23)21(3)16-11-13-26(24,25)14-16)17(22)20-12-7-10-15-8-5-4-6-9-15/h4-6,8-9,16H,7,10-14H2,1-3H3,(H,20,22). The summed E-state index contributed by atoms with van der Waals surface area (Å²) in [6.45, 7) is 3.66. The first kappa shape index (κ1) is 20.4. The van der Waals surface area contributed by atoms with Gasteiger partial charge in [-0.3, -0.25) is 9.59 Å². The summed E-state index contributed by atoms with van der Waals surface area (Å²) in [4.78, 5) is 26.6. The number of amides is 2. The van der Waals surface area contributed by atoms with Gasteiger partial charge in [0.15, 0.2) is 9.84 Å². The summed E-state index contributed by atoms with van der Waals surface area (Å²) in [5.41, 5.74) is -0.0207. The van der Waals surface area contributed by atoms with E-state index in [1.807, 2.05) is 30.3 Å². The molecule has 1 N–H and O–H groups in total. The zero-order chi connectivity index (χ0) is 19.4. The molecule has 6 nitrogen and oxygen atoms in total. The average molecular weight is 381 g/mol. The Balaban J connectivity index is 1.85. The van der Waals surface area contributed by atoms with Gasteiger partial charge in [-0.05, 0) is 38.7 Å². The van der Waals surface area contributed by atoms with Crippen molar-refractivity contribution in [2.45, 2.75) is 39.2 Å². The topological polar surface area (TPSA) is 83.6 Å². The normalized spacial score (nSPS) is 19.1. The lowest BCUT2D eigenvalue weighted by atomic mass is 9.89. The Hall–Kier alpha value is -1.89. The largest absolute Gasteiger partial charge is 0.355 e. The molecular formula is C19H28N2O4S. The van der Waals surface area contributed by atoms with Crippen molar-refractivity contribution < 1.29 is 18.0 Å². The van der Waals surface area contributed by atoms with Crippen LogP contribution in [0.5, 0.6) is 0 Å². The number of hydrogen-bond donors (Lipinski definition) is 1. The van der Waals surface area contributed by atoms with E-state index >= 15 is 0 Å². The van der Waals surface area contributed by atoms with Gasteiger partial charge in [0.1, 0.15) is 5.41 Å². The Labute approximate surface area is 155 Å². The highest BCUT2D eigenvalue weighted by Crippen LogP contribution is 2.24. The first-order valence-electron chi connectivity index (χ1n) is 8.93. The van der Waals surface area contributed by atoms with Gasteiger partial charge in [-0.15, -0.1) is 0 Å². The van der Waals surface area contributed by atoms with E-state index in [1.54, 1.807) is 20.9 Å². The number of aryl methyl sites for hydroxylation is 1. The fourth-order valence-electron chi connectivity index (χ4n) is 3.14. The summed E-state index contributed by atoms with van der Waals surface area (Å²) in [5.74, 6) is -0.603. The molecule has 2 rings (SSSR count). The predicted molar refractivity (Wildman–Crippen MR) is 101 cm³/mol. The van der Waals surface area contributed by atoms with Crippen molar-refractivity contribution in [3.05, 3.63) is 35.9 Å². The van der Waals surface area contributed by atoms with Crippen LogP contribution in [0.25, 0.3) is 0 Å². The summed E-state index contributed by atoms with van der Waals surface area (Å²) >= 11 is 0. The second-order valence-electron chi connectivity index (χ2n) is 7.44. The zero-order valence-corrected chi connectivity index (χ0v) is 16.5. The molecule has 2 amide bonds. The summed E-state index contributed by atoms with van der Waals surface area (Å²) in [7, 11) is -1.50. The molecule has 1 unspecified atom stereocenters. The van der Waals surface area contributed by atoms with E-state index < -0.39 is 15.3 Å². The van der Waals surface area contributed by atoms with Crippen LogP contribution in [0, 0.1) is 5.41 Å². The van der Waals surface area contributed by atoms with Crippen molar-refractivity contribution >= 4 is 21.7 Å². The second-order valence-corrected chi connectivity index (χ2v) is 9.67. The van der Waals surface area contributed by atoms with Gasteiger partial charge in [-0.2, -0.15) is 0 Å². The number of rotatable bonds is 7. The Morgan fingerprint density at radius 3 is 2.46 bits per heavy atom. The van der Waals surface area contributed by atoms with Gasteiger partial charge in [0.25, 0.3) is 0 Å². The van der Waals surface area contributed by atoms with Crippen LogP contribution in [0.1, 0.15) is 32.3 Å². The lowest BCUT2D eigenvalue weighted by molar-refractivity contribution is -0.148. The maximum atomic E-state index is 12.7. The smallest absolute Gasteiger partial charge is 0.237 e. The molecule has 0 aliphatic carbocycles. The van der Waals surface area contributed by atoms with Gasteiger partial charge in [0, 0.05) is 19.6 Å². The van der Waals surface area contributed by atoms with Crippen molar-refractivity contribution in [1.82, 2.24) is 10.2 Å². The fourth-order valence-corrected chi connectivity index (χ4v) is 4.92. The van der Waals surface area contributed by atoms with Crippen LogP contribution in [0.2, 0.25) is 0 Å². The van der Waals surface area contributed by atoms with Crippen molar-refractivity contribution in [2.24, 2.45) is 5.41 Å². The molecule has 1 aliphatic heterocycles. The third-order valence-corrected chi connectivity index (χ3v) is 6.70. The van der Waals surface area contributed by atoms with Crippen LogP contribution >= 0.6 is 0 Å². The lowest BCUT2D eigenvalue weighted by Gasteiger charge is -2.31. The van der Waals surface area contributed by atoms with Crippen LogP contribution in [0.3, 0.4) is 0 Å². The van der Waals surface area contributed by atoms with Crippen LogP contribution in [0.15, 0.2) is 30.3 Å². The molecule has 144 valence electrons. The van der Waals surface area contributed by atoms with Gasteiger partial charge in [0.2, 0.25) is 11.8 Å². The number of sulfone groups is 1. The number of carbonyl (C=O) groups excluding carboxylic acids is 2. The quantitative estimate of drug-likeness (QED) is 0.573. The third kappa shape index (κ3) is 5.06. The Morgan fingerprint density at radius 1 is 1.23 bits per heavy atom. The SMILES string of the molecule is CN(C(=O)C(C)(C)C(=O)NCCCc1ccccc1)C1CCS(=O)(=O)C1. The molecule has 0 saturated carbocycles. The lowest BCUT2D eigenvalue weighted by Crippen LogP contribution is -2.51. The van der Waals surface area contributed by atoms with Gasteiger partial charge in [-0.25, -0.2) is 8.42 Å². The molecule has 1 aliphatic rings. The number of nitrogens with zero attached hydrogens (tertiary/aromatic N) is 1. The van der Waals surface area contributed by atoms with Crippen molar-refractivity contribution in [1.29, 1.82) is 0 Å². The molecule has 1 aromatic carbocycles. The maximum absolute atomic E-state index is 12.7. The molecule has 1 saturated heterocycles. The van der Waals surface area contributed by atoms with E-state index in [0.717, 1.165) is 12.8 Å². The highest BCUT2D eigenvalue weighted by molar-refractivity contribution is 7.91. The van der Waals surface area contributed by atoms with Crippen LogP contribution in [0.4, 0.5) is 0 Å². The summed E-state index contributed by atoms with van der Waals surface area (Å²) in [5, 5.41) is 2.83. The highest BCUT2D eigenvalue weighted by atomic mass is 32.2. The van der Waals surface area contributed by atoms with Gasteiger partial charge >= 0.3 is 0 Å². The van der Waals surface area contributed by atoms with Crippen molar-refractivity contribution in [3.8, 4) is 0 Å². The second kappa shape index (κ2) is 8.20.